The fourth-order valence-corrected chi connectivity index (χ4v) is 2.67. The quantitative estimate of drug-likeness (QED) is 0.697. The van der Waals surface area contributed by atoms with E-state index in [1.807, 2.05) is 26.8 Å². The number of nitrogens with one attached hydrogen (secondary N) is 1. The number of hydrogen-bond donors (Lipinski definition) is 1. The molecule has 1 atom stereocenters. The molecule has 1 spiro atoms. The number of ether oxygens (including phenoxy) is 1. The van der Waals surface area contributed by atoms with Crippen molar-refractivity contribution in [2.75, 3.05) is 13.1 Å². The molecule has 0 saturated carbocycles. The van der Waals surface area contributed by atoms with Crippen molar-refractivity contribution in [3.63, 3.8) is 0 Å². The molecular formula is C12H19BrN2O3. The number of hydroxylamine groups is 1. The second-order valence-corrected chi connectivity index (χ2v) is 6.62. The van der Waals surface area contributed by atoms with Gasteiger partial charge in [-0.15, -0.1) is 0 Å². The van der Waals surface area contributed by atoms with Crippen LogP contribution in [0.2, 0.25) is 0 Å². The van der Waals surface area contributed by atoms with Crippen LogP contribution >= 0.6 is 15.9 Å². The largest absolute Gasteiger partial charge is 0.444 e. The van der Waals surface area contributed by atoms with E-state index in [1.165, 1.54) is 0 Å². The van der Waals surface area contributed by atoms with E-state index < -0.39 is 11.2 Å². The van der Waals surface area contributed by atoms with E-state index in [9.17, 15) is 4.79 Å². The summed E-state index contributed by atoms with van der Waals surface area (Å²) in [6.45, 7) is 6.84. The molecular weight excluding hydrogens is 300 g/mol. The Kier molecular flexibility index (Phi) is 3.60. The van der Waals surface area contributed by atoms with Gasteiger partial charge < -0.3 is 9.64 Å². The van der Waals surface area contributed by atoms with E-state index in [4.69, 9.17) is 9.57 Å². The SMILES string of the molecule is CC(C)(C)OC(=O)N1CCC[C@]2(C=C(Br)NO2)C1. The molecule has 1 N–H and O–H groups in total. The minimum absolute atomic E-state index is 0.276. The van der Waals surface area contributed by atoms with Gasteiger partial charge in [-0.25, -0.2) is 4.79 Å². The predicted octanol–water partition coefficient (Wildman–Crippen LogP) is 2.53. The number of nitrogens with zero attached hydrogens (tertiary/aromatic N) is 1. The van der Waals surface area contributed by atoms with Gasteiger partial charge in [0, 0.05) is 6.54 Å². The summed E-state index contributed by atoms with van der Waals surface area (Å²) in [5.74, 6) is 0. The van der Waals surface area contributed by atoms with Gasteiger partial charge in [0.15, 0.2) is 0 Å². The lowest BCUT2D eigenvalue weighted by atomic mass is 9.93. The molecule has 0 aromatic heterocycles. The van der Waals surface area contributed by atoms with Crippen LogP contribution in [0.15, 0.2) is 10.7 Å². The molecule has 0 unspecified atom stereocenters. The zero-order valence-corrected chi connectivity index (χ0v) is 12.5. The lowest BCUT2D eigenvalue weighted by molar-refractivity contribution is -0.0797. The molecule has 0 aromatic rings. The first kappa shape index (κ1) is 13.7. The van der Waals surface area contributed by atoms with Gasteiger partial charge in [-0.2, -0.15) is 0 Å². The van der Waals surface area contributed by atoms with Crippen LogP contribution in [0.4, 0.5) is 4.79 Å². The van der Waals surface area contributed by atoms with E-state index in [2.05, 4.69) is 21.4 Å². The Bertz CT molecular complexity index is 378. The van der Waals surface area contributed by atoms with Crippen molar-refractivity contribution in [2.45, 2.75) is 44.8 Å². The molecule has 1 fully saturated rings. The maximum Gasteiger partial charge on any atom is 0.410 e. The first-order chi connectivity index (χ1) is 8.30. The third kappa shape index (κ3) is 3.17. The summed E-state index contributed by atoms with van der Waals surface area (Å²) in [5.41, 5.74) is 1.90. The van der Waals surface area contributed by atoms with Crippen LogP contribution in [0, 0.1) is 0 Å². The summed E-state index contributed by atoms with van der Waals surface area (Å²) < 4.78 is 6.20. The maximum atomic E-state index is 12.0. The Hall–Kier alpha value is -0.750. The van der Waals surface area contributed by atoms with E-state index in [0.29, 0.717) is 13.1 Å². The molecule has 2 rings (SSSR count). The Balaban J connectivity index is 2.01. The van der Waals surface area contributed by atoms with Crippen molar-refractivity contribution in [1.29, 1.82) is 0 Å². The molecule has 2 heterocycles. The number of halogens is 1. The molecule has 0 aliphatic carbocycles. The number of likely N-dealkylation sites (tertiary alicyclic amines) is 1. The van der Waals surface area contributed by atoms with Crippen LogP contribution in [-0.2, 0) is 9.57 Å². The van der Waals surface area contributed by atoms with Crippen molar-refractivity contribution in [2.24, 2.45) is 0 Å². The average Bonchev–Trinajstić information content (AvgIpc) is 2.57. The molecule has 2 aliphatic rings. The summed E-state index contributed by atoms with van der Waals surface area (Å²) in [6, 6.07) is 0. The normalized spacial score (nSPS) is 28.0. The first-order valence-corrected chi connectivity index (χ1v) is 6.89. The van der Waals surface area contributed by atoms with Crippen LogP contribution in [0.3, 0.4) is 0 Å². The van der Waals surface area contributed by atoms with Crippen molar-refractivity contribution in [3.8, 4) is 0 Å². The smallest absolute Gasteiger partial charge is 0.410 e. The molecule has 1 amide bonds. The van der Waals surface area contributed by atoms with E-state index in [-0.39, 0.29) is 6.09 Å². The van der Waals surface area contributed by atoms with Crippen molar-refractivity contribution in [1.82, 2.24) is 10.4 Å². The van der Waals surface area contributed by atoms with E-state index in [1.54, 1.807) is 4.90 Å². The van der Waals surface area contributed by atoms with E-state index in [0.717, 1.165) is 17.4 Å². The van der Waals surface area contributed by atoms with Gasteiger partial charge in [0.1, 0.15) is 15.8 Å². The van der Waals surface area contributed by atoms with Gasteiger partial charge in [-0.3, -0.25) is 10.3 Å². The summed E-state index contributed by atoms with van der Waals surface area (Å²) in [6.07, 6.45) is 3.50. The number of carbonyl (C=O) groups excluding carboxylic acids is 1. The molecule has 1 saturated heterocycles. The second kappa shape index (κ2) is 4.74. The highest BCUT2D eigenvalue weighted by atomic mass is 79.9. The molecule has 5 nitrogen and oxygen atoms in total. The van der Waals surface area contributed by atoms with Crippen LogP contribution < -0.4 is 5.48 Å². The fourth-order valence-electron chi connectivity index (χ4n) is 2.17. The number of carbonyl (C=O) groups is 1. The number of piperidine rings is 1. The molecule has 102 valence electrons. The van der Waals surface area contributed by atoms with Gasteiger partial charge in [0.2, 0.25) is 0 Å². The van der Waals surface area contributed by atoms with Gasteiger partial charge in [0.25, 0.3) is 0 Å². The Morgan fingerprint density at radius 3 is 2.89 bits per heavy atom. The summed E-state index contributed by atoms with van der Waals surface area (Å²) in [7, 11) is 0. The van der Waals surface area contributed by atoms with Crippen molar-refractivity contribution < 1.29 is 14.4 Å². The summed E-state index contributed by atoms with van der Waals surface area (Å²) >= 11 is 3.34. The molecule has 0 aromatic carbocycles. The highest BCUT2D eigenvalue weighted by Crippen LogP contribution is 2.32. The minimum atomic E-state index is -0.465. The Morgan fingerprint density at radius 1 is 1.61 bits per heavy atom. The standard InChI is InChI=1S/C12H19BrN2O3/c1-11(2,3)17-10(16)15-6-4-5-12(8-15)7-9(13)14-18-12/h7,14H,4-6,8H2,1-3H3/t12-/m0/s1. The topological polar surface area (TPSA) is 50.8 Å². The van der Waals surface area contributed by atoms with Gasteiger partial charge >= 0.3 is 6.09 Å². The fraction of sp³-hybridized carbons (Fsp3) is 0.750. The third-order valence-electron chi connectivity index (χ3n) is 2.88. The van der Waals surface area contributed by atoms with Crippen LogP contribution in [0.5, 0.6) is 0 Å². The van der Waals surface area contributed by atoms with Crippen LogP contribution in [0.1, 0.15) is 33.6 Å². The number of amides is 1. The third-order valence-corrected chi connectivity index (χ3v) is 3.27. The second-order valence-electron chi connectivity index (χ2n) is 5.77. The van der Waals surface area contributed by atoms with Crippen molar-refractivity contribution in [3.05, 3.63) is 10.7 Å². The zero-order valence-electron chi connectivity index (χ0n) is 11.0. The van der Waals surface area contributed by atoms with Gasteiger partial charge in [0.05, 0.1) is 6.54 Å². The van der Waals surface area contributed by atoms with Crippen LogP contribution in [0.25, 0.3) is 0 Å². The average molecular weight is 319 g/mol. The molecule has 18 heavy (non-hydrogen) atoms. The molecule has 2 aliphatic heterocycles. The first-order valence-electron chi connectivity index (χ1n) is 6.10. The zero-order chi connectivity index (χ0) is 13.4. The number of hydrogen-bond acceptors (Lipinski definition) is 4. The molecule has 0 bridgehead atoms. The summed E-state index contributed by atoms with van der Waals surface area (Å²) in [5, 5.41) is 0. The van der Waals surface area contributed by atoms with Crippen LogP contribution in [-0.4, -0.2) is 35.3 Å². The predicted molar refractivity (Wildman–Crippen MR) is 71.0 cm³/mol. The molecule has 6 heteroatoms. The lowest BCUT2D eigenvalue weighted by Crippen LogP contribution is -2.51. The summed E-state index contributed by atoms with van der Waals surface area (Å²) in [4.78, 5) is 19.3. The Morgan fingerprint density at radius 2 is 2.33 bits per heavy atom. The lowest BCUT2D eigenvalue weighted by Gasteiger charge is -2.38. The monoisotopic (exact) mass is 318 g/mol. The maximum absolute atomic E-state index is 12.0. The highest BCUT2D eigenvalue weighted by molar-refractivity contribution is 9.11. The van der Waals surface area contributed by atoms with Gasteiger partial charge in [-0.1, -0.05) is 0 Å². The van der Waals surface area contributed by atoms with E-state index >= 15 is 0 Å². The van der Waals surface area contributed by atoms with Crippen molar-refractivity contribution >= 4 is 22.0 Å². The Labute approximate surface area is 116 Å². The van der Waals surface area contributed by atoms with Gasteiger partial charge in [-0.05, 0) is 55.6 Å². The minimum Gasteiger partial charge on any atom is -0.444 e. The molecule has 0 radical (unpaired) electrons. The number of rotatable bonds is 0. The highest BCUT2D eigenvalue weighted by Gasteiger charge is 2.41.